The van der Waals surface area contributed by atoms with Gasteiger partial charge in [0, 0.05) is 19.4 Å². The molecule has 2 aliphatic rings. The van der Waals surface area contributed by atoms with Crippen LogP contribution in [0.3, 0.4) is 0 Å². The Labute approximate surface area is 165 Å². The number of nitrogens with one attached hydrogen (secondary N) is 3. The third-order valence-electron chi connectivity index (χ3n) is 4.91. The lowest BCUT2D eigenvalue weighted by Crippen LogP contribution is -2.45. The number of halogens is 4. The number of benzene rings is 1. The van der Waals surface area contributed by atoms with E-state index in [9.17, 15) is 22.8 Å². The Bertz CT molecular complexity index is 740. The van der Waals surface area contributed by atoms with Crippen molar-refractivity contribution in [3.05, 3.63) is 34.6 Å². The summed E-state index contributed by atoms with van der Waals surface area (Å²) in [6, 6.07) is 2.16. The number of rotatable bonds is 6. The van der Waals surface area contributed by atoms with E-state index in [1.807, 2.05) is 0 Å². The van der Waals surface area contributed by atoms with Gasteiger partial charge in [-0.25, -0.2) is 18.0 Å². The first-order valence-electron chi connectivity index (χ1n) is 9.02. The number of hydrogen-bond donors (Lipinski definition) is 3. The van der Waals surface area contributed by atoms with Crippen LogP contribution in [0.5, 0.6) is 0 Å². The maximum Gasteiger partial charge on any atom is 0.315 e. The van der Waals surface area contributed by atoms with Crippen LogP contribution in [0, 0.1) is 5.82 Å². The lowest BCUT2D eigenvalue weighted by atomic mass is 9.94. The van der Waals surface area contributed by atoms with E-state index in [0.717, 1.165) is 0 Å². The van der Waals surface area contributed by atoms with Crippen LogP contribution in [0.15, 0.2) is 18.2 Å². The highest BCUT2D eigenvalue weighted by Crippen LogP contribution is 2.34. The van der Waals surface area contributed by atoms with E-state index in [0.29, 0.717) is 5.56 Å². The van der Waals surface area contributed by atoms with Gasteiger partial charge in [0.05, 0.1) is 23.8 Å². The summed E-state index contributed by atoms with van der Waals surface area (Å²) >= 11 is 5.84. The van der Waals surface area contributed by atoms with Crippen molar-refractivity contribution in [3.63, 3.8) is 0 Å². The predicted molar refractivity (Wildman–Crippen MR) is 95.8 cm³/mol. The zero-order chi connectivity index (χ0) is 20.3. The van der Waals surface area contributed by atoms with Gasteiger partial charge in [0.2, 0.25) is 11.8 Å². The van der Waals surface area contributed by atoms with Gasteiger partial charge >= 0.3 is 6.03 Å². The highest BCUT2D eigenvalue weighted by atomic mass is 35.5. The molecule has 2 atom stereocenters. The average molecular weight is 420 g/mol. The van der Waals surface area contributed by atoms with Crippen LogP contribution >= 0.6 is 11.6 Å². The molecule has 1 saturated heterocycles. The first-order valence-corrected chi connectivity index (χ1v) is 9.40. The second-order valence-electron chi connectivity index (χ2n) is 7.03. The fourth-order valence-electron chi connectivity index (χ4n) is 3.25. The van der Waals surface area contributed by atoms with Crippen molar-refractivity contribution in [1.29, 1.82) is 0 Å². The van der Waals surface area contributed by atoms with E-state index >= 15 is 0 Å². The average Bonchev–Trinajstić information content (AvgIpc) is 3.08. The van der Waals surface area contributed by atoms with E-state index in [-0.39, 0.29) is 50.0 Å². The molecule has 1 aliphatic carbocycles. The summed E-state index contributed by atoms with van der Waals surface area (Å²) < 4.78 is 45.8. The summed E-state index contributed by atoms with van der Waals surface area (Å²) in [7, 11) is 0. The molecule has 0 radical (unpaired) electrons. The third kappa shape index (κ3) is 5.29. The summed E-state index contributed by atoms with van der Waals surface area (Å²) in [6.45, 7) is 0.151. The minimum atomic E-state index is -2.66. The fourth-order valence-corrected chi connectivity index (χ4v) is 3.44. The first kappa shape index (κ1) is 20.7. The van der Waals surface area contributed by atoms with Crippen molar-refractivity contribution in [2.24, 2.45) is 0 Å². The zero-order valence-corrected chi connectivity index (χ0v) is 15.7. The molecule has 10 heteroatoms. The number of carbonyl (C=O) groups is 2. The van der Waals surface area contributed by atoms with E-state index in [4.69, 9.17) is 16.3 Å². The van der Waals surface area contributed by atoms with Gasteiger partial charge in [-0.2, -0.15) is 0 Å². The highest BCUT2D eigenvalue weighted by molar-refractivity contribution is 6.30. The quantitative estimate of drug-likeness (QED) is 0.663. The SMILES string of the molecule is O=C1NC[C@@H](C(=O)N[C@@H](COC2CCC(F)(F)CC2)c2ccc(F)c(Cl)c2)N1. The molecule has 1 saturated carbocycles. The number of urea groups is 1. The summed E-state index contributed by atoms with van der Waals surface area (Å²) in [5.41, 5.74) is 0.512. The molecule has 1 aromatic carbocycles. The predicted octanol–water partition coefficient (Wildman–Crippen LogP) is 2.91. The Balaban J connectivity index is 1.66. The molecule has 0 aromatic heterocycles. The number of alkyl halides is 2. The second-order valence-corrected chi connectivity index (χ2v) is 7.44. The summed E-state index contributed by atoms with van der Waals surface area (Å²) in [5.74, 6) is -3.70. The van der Waals surface area contributed by atoms with Gasteiger partial charge in [-0.15, -0.1) is 0 Å². The van der Waals surface area contributed by atoms with Gasteiger partial charge in [-0.05, 0) is 30.5 Å². The van der Waals surface area contributed by atoms with Crippen molar-refractivity contribution in [1.82, 2.24) is 16.0 Å². The molecular formula is C18H21ClF3N3O3. The first-order chi connectivity index (χ1) is 13.2. The molecule has 28 heavy (non-hydrogen) atoms. The Morgan fingerprint density at radius 3 is 2.68 bits per heavy atom. The van der Waals surface area contributed by atoms with E-state index < -0.39 is 35.8 Å². The van der Waals surface area contributed by atoms with Crippen molar-refractivity contribution >= 4 is 23.5 Å². The van der Waals surface area contributed by atoms with Gasteiger partial charge in [0.1, 0.15) is 11.9 Å². The molecule has 6 nitrogen and oxygen atoms in total. The Morgan fingerprint density at radius 1 is 1.36 bits per heavy atom. The van der Waals surface area contributed by atoms with Gasteiger partial charge < -0.3 is 20.7 Å². The molecule has 2 fully saturated rings. The van der Waals surface area contributed by atoms with Gasteiger partial charge in [0.25, 0.3) is 0 Å². The third-order valence-corrected chi connectivity index (χ3v) is 5.20. The molecule has 0 unspecified atom stereocenters. The van der Waals surface area contributed by atoms with Crippen LogP contribution in [0.4, 0.5) is 18.0 Å². The van der Waals surface area contributed by atoms with Crippen LogP contribution in [-0.2, 0) is 9.53 Å². The second kappa shape index (κ2) is 8.57. The summed E-state index contributed by atoms with van der Waals surface area (Å²) in [4.78, 5) is 23.7. The van der Waals surface area contributed by atoms with Crippen LogP contribution < -0.4 is 16.0 Å². The van der Waals surface area contributed by atoms with Crippen molar-refractivity contribution in [2.75, 3.05) is 13.2 Å². The molecule has 3 N–H and O–H groups in total. The topological polar surface area (TPSA) is 79.5 Å². The number of carbonyl (C=O) groups excluding carboxylic acids is 2. The molecular weight excluding hydrogens is 399 g/mol. The van der Waals surface area contributed by atoms with Crippen LogP contribution in [-0.4, -0.2) is 43.2 Å². The monoisotopic (exact) mass is 419 g/mol. The van der Waals surface area contributed by atoms with Crippen LogP contribution in [0.25, 0.3) is 0 Å². The van der Waals surface area contributed by atoms with Crippen LogP contribution in [0.1, 0.15) is 37.3 Å². The van der Waals surface area contributed by atoms with Gasteiger partial charge in [-0.1, -0.05) is 17.7 Å². The highest BCUT2D eigenvalue weighted by Gasteiger charge is 2.36. The smallest absolute Gasteiger partial charge is 0.315 e. The molecule has 154 valence electrons. The minimum Gasteiger partial charge on any atom is -0.376 e. The normalized spacial score (nSPS) is 23.0. The number of ether oxygens (including phenoxy) is 1. The van der Waals surface area contributed by atoms with Crippen molar-refractivity contribution in [3.8, 4) is 0 Å². The molecule has 0 spiro atoms. The molecule has 3 amide bonds. The molecule has 1 heterocycles. The molecule has 3 rings (SSSR count). The minimum absolute atomic E-state index is 0.0119. The number of hydrogen-bond acceptors (Lipinski definition) is 3. The lowest BCUT2D eigenvalue weighted by Gasteiger charge is -2.30. The standard InChI is InChI=1S/C18H21ClF3N3O3/c19-12-7-10(1-2-13(12)20)15(24-16(26)14-8-23-17(27)25-14)9-28-11-3-5-18(21,22)6-4-11/h1-2,7,11,14-15H,3-6,8-9H2,(H,24,26)(H2,23,25,27)/t14-,15-/m0/s1. The lowest BCUT2D eigenvalue weighted by molar-refractivity contribution is -0.124. The van der Waals surface area contributed by atoms with Gasteiger partial charge in [0.15, 0.2) is 0 Å². The largest absolute Gasteiger partial charge is 0.376 e. The van der Waals surface area contributed by atoms with Crippen molar-refractivity contribution < 1.29 is 27.5 Å². The summed E-state index contributed by atoms with van der Waals surface area (Å²) in [5, 5.41) is 7.60. The summed E-state index contributed by atoms with van der Waals surface area (Å²) in [6.07, 6.45) is -0.378. The Morgan fingerprint density at radius 2 is 2.07 bits per heavy atom. The molecule has 1 aliphatic heterocycles. The fraction of sp³-hybridized carbons (Fsp3) is 0.556. The zero-order valence-electron chi connectivity index (χ0n) is 14.9. The van der Waals surface area contributed by atoms with Crippen molar-refractivity contribution in [2.45, 2.75) is 49.8 Å². The van der Waals surface area contributed by atoms with E-state index in [2.05, 4.69) is 16.0 Å². The Hall–Kier alpha value is -2.00. The van der Waals surface area contributed by atoms with E-state index in [1.165, 1.54) is 18.2 Å². The maximum absolute atomic E-state index is 13.5. The van der Waals surface area contributed by atoms with Gasteiger partial charge in [-0.3, -0.25) is 4.79 Å². The number of amides is 3. The molecule has 1 aromatic rings. The Kier molecular flexibility index (Phi) is 6.34. The van der Waals surface area contributed by atoms with E-state index in [1.54, 1.807) is 0 Å². The van der Waals surface area contributed by atoms with Crippen LogP contribution in [0.2, 0.25) is 5.02 Å². The maximum atomic E-state index is 13.5. The molecule has 0 bridgehead atoms.